The minimum absolute atomic E-state index is 0.0233. The minimum Gasteiger partial charge on any atom is -0.465 e. The van der Waals surface area contributed by atoms with E-state index in [4.69, 9.17) is 4.74 Å². The van der Waals surface area contributed by atoms with Gasteiger partial charge in [-0.15, -0.1) is 0 Å². The molecule has 2 heterocycles. The van der Waals surface area contributed by atoms with Crippen LogP contribution in [-0.2, 0) is 30.9 Å². The second kappa shape index (κ2) is 7.65. The summed E-state index contributed by atoms with van der Waals surface area (Å²) in [6, 6.07) is 7.29. The SMILES string of the molecule is COC(=O)c1ccc(CN(C)Cn2nc3n(c2=O)CCCCC3)cc1. The Morgan fingerprint density at radius 3 is 2.72 bits per heavy atom. The molecule has 1 aliphatic rings. The Morgan fingerprint density at radius 2 is 2.00 bits per heavy atom. The van der Waals surface area contributed by atoms with E-state index in [1.54, 1.807) is 16.8 Å². The Bertz CT molecular complexity index is 792. The van der Waals surface area contributed by atoms with E-state index in [1.165, 1.54) is 7.11 Å². The van der Waals surface area contributed by atoms with Gasteiger partial charge >= 0.3 is 11.7 Å². The molecular weight excluding hydrogens is 320 g/mol. The van der Waals surface area contributed by atoms with Crippen LogP contribution in [0.3, 0.4) is 0 Å². The standard InChI is InChI=1S/C18H24N4O3/c1-20(12-14-7-9-15(10-8-14)17(23)25-2)13-22-18(24)21-11-5-3-4-6-16(21)19-22/h7-10H,3-6,11-13H2,1-2H3. The van der Waals surface area contributed by atoms with Crippen molar-refractivity contribution in [3.63, 3.8) is 0 Å². The van der Waals surface area contributed by atoms with Gasteiger partial charge in [0.15, 0.2) is 0 Å². The van der Waals surface area contributed by atoms with E-state index in [2.05, 4.69) is 5.10 Å². The van der Waals surface area contributed by atoms with Crippen molar-refractivity contribution in [1.29, 1.82) is 0 Å². The molecule has 1 aromatic heterocycles. The first kappa shape index (κ1) is 17.4. The van der Waals surface area contributed by atoms with Gasteiger partial charge in [-0.25, -0.2) is 9.59 Å². The van der Waals surface area contributed by atoms with Crippen LogP contribution in [-0.4, -0.2) is 39.4 Å². The van der Waals surface area contributed by atoms with Crippen LogP contribution in [0.15, 0.2) is 29.1 Å². The topological polar surface area (TPSA) is 69.4 Å². The summed E-state index contributed by atoms with van der Waals surface area (Å²) in [7, 11) is 3.32. The molecule has 0 radical (unpaired) electrons. The van der Waals surface area contributed by atoms with E-state index in [1.807, 2.05) is 28.6 Å². The maximum Gasteiger partial charge on any atom is 0.347 e. The molecule has 0 saturated heterocycles. The molecule has 0 bridgehead atoms. The zero-order valence-corrected chi connectivity index (χ0v) is 14.8. The molecule has 0 unspecified atom stereocenters. The second-order valence-electron chi connectivity index (χ2n) is 6.50. The highest BCUT2D eigenvalue weighted by Gasteiger charge is 2.16. The highest BCUT2D eigenvalue weighted by atomic mass is 16.5. The largest absolute Gasteiger partial charge is 0.465 e. The number of hydrogen-bond donors (Lipinski definition) is 0. The van der Waals surface area contributed by atoms with Crippen molar-refractivity contribution < 1.29 is 9.53 Å². The van der Waals surface area contributed by atoms with Gasteiger partial charge in [0.05, 0.1) is 19.3 Å². The summed E-state index contributed by atoms with van der Waals surface area (Å²) in [6.07, 6.45) is 4.17. The highest BCUT2D eigenvalue weighted by Crippen LogP contribution is 2.11. The molecule has 2 aromatic rings. The van der Waals surface area contributed by atoms with Crippen molar-refractivity contribution in [2.75, 3.05) is 14.2 Å². The lowest BCUT2D eigenvalue weighted by molar-refractivity contribution is 0.0600. The van der Waals surface area contributed by atoms with Crippen molar-refractivity contribution >= 4 is 5.97 Å². The number of fused-ring (bicyclic) bond motifs is 1. The zero-order chi connectivity index (χ0) is 17.8. The number of rotatable bonds is 5. The quantitative estimate of drug-likeness (QED) is 0.772. The molecule has 0 spiro atoms. The van der Waals surface area contributed by atoms with Crippen molar-refractivity contribution in [2.24, 2.45) is 0 Å². The van der Waals surface area contributed by atoms with Gasteiger partial charge in [0.1, 0.15) is 5.82 Å². The number of aromatic nitrogens is 3. The van der Waals surface area contributed by atoms with Gasteiger partial charge < -0.3 is 4.74 Å². The number of ether oxygens (including phenoxy) is 1. The van der Waals surface area contributed by atoms with Crippen molar-refractivity contribution in [2.45, 2.75) is 45.4 Å². The van der Waals surface area contributed by atoms with Crippen LogP contribution in [0, 0.1) is 0 Å². The van der Waals surface area contributed by atoms with E-state index in [0.717, 1.165) is 43.6 Å². The molecule has 0 fully saturated rings. The average molecular weight is 344 g/mol. The summed E-state index contributed by atoms with van der Waals surface area (Å²) < 4.78 is 8.06. The van der Waals surface area contributed by atoms with E-state index < -0.39 is 0 Å². The lowest BCUT2D eigenvalue weighted by Gasteiger charge is -2.16. The lowest BCUT2D eigenvalue weighted by atomic mass is 10.1. The molecule has 0 amide bonds. The summed E-state index contributed by atoms with van der Waals surface area (Å²) in [5.41, 5.74) is 1.57. The number of aryl methyl sites for hydroxylation is 1. The van der Waals surface area contributed by atoms with Crippen LogP contribution >= 0.6 is 0 Å². The molecule has 1 aliphatic heterocycles. The summed E-state index contributed by atoms with van der Waals surface area (Å²) in [5.74, 6) is 0.560. The minimum atomic E-state index is -0.342. The Morgan fingerprint density at radius 1 is 1.24 bits per heavy atom. The third kappa shape index (κ3) is 3.99. The van der Waals surface area contributed by atoms with Gasteiger partial charge in [-0.3, -0.25) is 9.47 Å². The average Bonchev–Trinajstić information content (AvgIpc) is 2.78. The molecule has 1 aromatic carbocycles. The van der Waals surface area contributed by atoms with Gasteiger partial charge in [0.2, 0.25) is 0 Å². The number of carbonyl (C=O) groups excluding carboxylic acids is 1. The van der Waals surface area contributed by atoms with Crippen LogP contribution < -0.4 is 5.69 Å². The van der Waals surface area contributed by atoms with Crippen LogP contribution in [0.1, 0.15) is 41.0 Å². The van der Waals surface area contributed by atoms with E-state index in [0.29, 0.717) is 18.8 Å². The number of methoxy groups -OCH3 is 1. The predicted molar refractivity (Wildman–Crippen MR) is 93.3 cm³/mol. The molecule has 0 N–H and O–H groups in total. The van der Waals surface area contributed by atoms with E-state index in [9.17, 15) is 9.59 Å². The molecule has 7 nitrogen and oxygen atoms in total. The summed E-state index contributed by atoms with van der Waals surface area (Å²) in [5, 5.41) is 4.50. The molecular formula is C18H24N4O3. The number of nitrogens with zero attached hydrogens (tertiary/aromatic N) is 4. The van der Waals surface area contributed by atoms with Crippen molar-refractivity contribution in [3.8, 4) is 0 Å². The summed E-state index contributed by atoms with van der Waals surface area (Å²) in [4.78, 5) is 26.0. The Hall–Kier alpha value is -2.41. The first-order chi connectivity index (χ1) is 12.1. The molecule has 0 saturated carbocycles. The third-order valence-electron chi connectivity index (χ3n) is 4.48. The fraction of sp³-hybridized carbons (Fsp3) is 0.500. The van der Waals surface area contributed by atoms with Gasteiger partial charge in [-0.05, 0) is 37.6 Å². The Kier molecular flexibility index (Phi) is 5.33. The van der Waals surface area contributed by atoms with E-state index >= 15 is 0 Å². The molecule has 3 rings (SSSR count). The maximum atomic E-state index is 12.5. The first-order valence-corrected chi connectivity index (χ1v) is 8.61. The monoisotopic (exact) mass is 344 g/mol. The smallest absolute Gasteiger partial charge is 0.347 e. The van der Waals surface area contributed by atoms with Crippen LogP contribution in [0.25, 0.3) is 0 Å². The molecule has 0 aliphatic carbocycles. The fourth-order valence-corrected chi connectivity index (χ4v) is 3.17. The molecule has 0 atom stereocenters. The van der Waals surface area contributed by atoms with Gasteiger partial charge in [0, 0.05) is 19.5 Å². The Labute approximate surface area is 146 Å². The van der Waals surface area contributed by atoms with Crippen LogP contribution in [0.4, 0.5) is 0 Å². The molecule has 134 valence electrons. The number of carbonyl (C=O) groups is 1. The van der Waals surface area contributed by atoms with Crippen LogP contribution in [0.5, 0.6) is 0 Å². The Balaban J connectivity index is 1.66. The normalized spacial score (nSPS) is 14.2. The van der Waals surface area contributed by atoms with Crippen LogP contribution in [0.2, 0.25) is 0 Å². The maximum absolute atomic E-state index is 12.5. The second-order valence-corrected chi connectivity index (χ2v) is 6.50. The van der Waals surface area contributed by atoms with Crippen molar-refractivity contribution in [3.05, 3.63) is 51.7 Å². The zero-order valence-electron chi connectivity index (χ0n) is 14.8. The van der Waals surface area contributed by atoms with Gasteiger partial charge in [0.25, 0.3) is 0 Å². The van der Waals surface area contributed by atoms with E-state index in [-0.39, 0.29) is 11.7 Å². The predicted octanol–water partition coefficient (Wildman–Crippen LogP) is 1.65. The fourth-order valence-electron chi connectivity index (χ4n) is 3.17. The van der Waals surface area contributed by atoms with Gasteiger partial charge in [-0.2, -0.15) is 9.78 Å². The third-order valence-corrected chi connectivity index (χ3v) is 4.48. The number of esters is 1. The summed E-state index contributed by atoms with van der Waals surface area (Å²) >= 11 is 0. The number of hydrogen-bond acceptors (Lipinski definition) is 5. The molecule has 7 heteroatoms. The lowest BCUT2D eigenvalue weighted by Crippen LogP contribution is -2.31. The summed E-state index contributed by atoms with van der Waals surface area (Å²) in [6.45, 7) is 1.88. The first-order valence-electron chi connectivity index (χ1n) is 8.61. The number of benzene rings is 1. The van der Waals surface area contributed by atoms with Gasteiger partial charge in [-0.1, -0.05) is 18.6 Å². The van der Waals surface area contributed by atoms with Crippen molar-refractivity contribution in [1.82, 2.24) is 19.2 Å². The molecule has 25 heavy (non-hydrogen) atoms. The highest BCUT2D eigenvalue weighted by molar-refractivity contribution is 5.89.